The van der Waals surface area contributed by atoms with E-state index in [9.17, 15) is 0 Å². The predicted molar refractivity (Wildman–Crippen MR) is 78.4 cm³/mol. The molecular weight excluding hydrogens is 222 g/mol. The van der Waals surface area contributed by atoms with Gasteiger partial charge in [0.05, 0.1) is 6.10 Å². The molecule has 0 radical (unpaired) electrons. The Morgan fingerprint density at radius 1 is 1.17 bits per heavy atom. The molecule has 0 spiro atoms. The summed E-state index contributed by atoms with van der Waals surface area (Å²) >= 11 is 0. The van der Waals surface area contributed by atoms with Gasteiger partial charge in [-0.15, -0.1) is 0 Å². The molecule has 0 heterocycles. The minimum Gasteiger partial charge on any atom is -0.491 e. The van der Waals surface area contributed by atoms with Crippen molar-refractivity contribution in [3.05, 3.63) is 29.8 Å². The highest BCUT2D eigenvalue weighted by molar-refractivity contribution is 5.30. The lowest BCUT2D eigenvalue weighted by atomic mass is 10.0. The van der Waals surface area contributed by atoms with Gasteiger partial charge in [-0.2, -0.15) is 0 Å². The van der Waals surface area contributed by atoms with Crippen LogP contribution < -0.4 is 10.1 Å². The number of hydrogen-bond donors (Lipinski definition) is 1. The average Bonchev–Trinajstić information content (AvgIpc) is 2.29. The van der Waals surface area contributed by atoms with Gasteiger partial charge in [0.25, 0.3) is 0 Å². The van der Waals surface area contributed by atoms with Crippen LogP contribution in [-0.2, 0) is 0 Å². The highest BCUT2D eigenvalue weighted by atomic mass is 16.5. The van der Waals surface area contributed by atoms with E-state index in [1.807, 2.05) is 6.07 Å². The van der Waals surface area contributed by atoms with Crippen LogP contribution in [0.2, 0.25) is 0 Å². The first-order valence-corrected chi connectivity index (χ1v) is 7.03. The van der Waals surface area contributed by atoms with E-state index in [1.165, 1.54) is 5.56 Å². The van der Waals surface area contributed by atoms with Gasteiger partial charge < -0.3 is 10.1 Å². The second kappa shape index (κ2) is 7.42. The van der Waals surface area contributed by atoms with Crippen molar-refractivity contribution >= 4 is 0 Å². The van der Waals surface area contributed by atoms with Crippen molar-refractivity contribution in [3.63, 3.8) is 0 Å². The zero-order valence-electron chi connectivity index (χ0n) is 12.4. The summed E-state index contributed by atoms with van der Waals surface area (Å²) in [5.41, 5.74) is 1.33. The van der Waals surface area contributed by atoms with Gasteiger partial charge in [-0.05, 0) is 50.4 Å². The Labute approximate surface area is 112 Å². The van der Waals surface area contributed by atoms with Gasteiger partial charge in [0, 0.05) is 6.04 Å². The summed E-state index contributed by atoms with van der Waals surface area (Å²) in [6, 6.07) is 8.92. The minimum atomic E-state index is 0.237. The highest BCUT2D eigenvalue weighted by Gasteiger charge is 2.10. The fraction of sp³-hybridized carbons (Fsp3) is 0.625. The van der Waals surface area contributed by atoms with Gasteiger partial charge >= 0.3 is 0 Å². The summed E-state index contributed by atoms with van der Waals surface area (Å²) in [5.74, 6) is 1.53. The molecule has 0 aliphatic heterocycles. The predicted octanol–water partition coefficient (Wildman–Crippen LogP) is 3.97. The van der Waals surface area contributed by atoms with Crippen LogP contribution in [0.3, 0.4) is 0 Å². The molecule has 0 aromatic heterocycles. The number of nitrogens with one attached hydrogen (secondary N) is 1. The maximum Gasteiger partial charge on any atom is 0.119 e. The minimum absolute atomic E-state index is 0.237. The summed E-state index contributed by atoms with van der Waals surface area (Å²) < 4.78 is 5.98. The number of benzene rings is 1. The van der Waals surface area contributed by atoms with Gasteiger partial charge in [-0.3, -0.25) is 0 Å². The lowest BCUT2D eigenvalue weighted by Gasteiger charge is -2.20. The molecule has 0 fully saturated rings. The molecule has 2 heteroatoms. The maximum atomic E-state index is 5.98. The number of ether oxygens (including phenoxy) is 1. The van der Waals surface area contributed by atoms with Gasteiger partial charge in [0.2, 0.25) is 0 Å². The summed E-state index contributed by atoms with van der Waals surface area (Å²) in [6.45, 7) is 11.9. The van der Waals surface area contributed by atoms with E-state index in [0.29, 0.717) is 12.0 Å². The van der Waals surface area contributed by atoms with E-state index in [-0.39, 0.29) is 6.10 Å². The molecule has 1 rings (SSSR count). The second-order valence-electron chi connectivity index (χ2n) is 5.35. The molecule has 18 heavy (non-hydrogen) atoms. The van der Waals surface area contributed by atoms with Gasteiger partial charge in [-0.1, -0.05) is 32.9 Å². The van der Waals surface area contributed by atoms with E-state index >= 15 is 0 Å². The maximum absolute atomic E-state index is 5.98. The monoisotopic (exact) mass is 249 g/mol. The Kier molecular flexibility index (Phi) is 6.20. The SMILES string of the molecule is CCNC(C)CC(C)Oc1cccc(C(C)C)c1. The zero-order valence-corrected chi connectivity index (χ0v) is 12.4. The third-order valence-corrected chi connectivity index (χ3v) is 3.10. The molecule has 0 saturated carbocycles. The van der Waals surface area contributed by atoms with Gasteiger partial charge in [0.15, 0.2) is 0 Å². The molecule has 2 atom stereocenters. The Bertz CT molecular complexity index is 349. The van der Waals surface area contributed by atoms with E-state index in [4.69, 9.17) is 4.74 Å². The molecule has 1 N–H and O–H groups in total. The van der Waals surface area contributed by atoms with Crippen molar-refractivity contribution in [3.8, 4) is 5.75 Å². The van der Waals surface area contributed by atoms with Crippen LogP contribution >= 0.6 is 0 Å². The topological polar surface area (TPSA) is 21.3 Å². The first-order chi connectivity index (χ1) is 8.52. The fourth-order valence-corrected chi connectivity index (χ4v) is 2.16. The molecule has 0 aliphatic carbocycles. The summed E-state index contributed by atoms with van der Waals surface area (Å²) in [7, 11) is 0. The van der Waals surface area contributed by atoms with Crippen LogP contribution in [0.25, 0.3) is 0 Å². The van der Waals surface area contributed by atoms with E-state index in [1.54, 1.807) is 0 Å². The van der Waals surface area contributed by atoms with E-state index in [2.05, 4.69) is 58.1 Å². The first-order valence-electron chi connectivity index (χ1n) is 7.03. The quantitative estimate of drug-likeness (QED) is 0.789. The molecule has 0 aliphatic rings. The normalized spacial score (nSPS) is 14.6. The molecule has 2 unspecified atom stereocenters. The largest absolute Gasteiger partial charge is 0.491 e. The van der Waals surface area contributed by atoms with Crippen molar-refractivity contribution in [1.82, 2.24) is 5.32 Å². The molecule has 2 nitrogen and oxygen atoms in total. The van der Waals surface area contributed by atoms with Crippen LogP contribution in [-0.4, -0.2) is 18.7 Å². The molecular formula is C16H27NO. The summed E-state index contributed by atoms with van der Waals surface area (Å²) in [4.78, 5) is 0. The van der Waals surface area contributed by atoms with Crippen LogP contribution in [0.1, 0.15) is 52.5 Å². The fourth-order valence-electron chi connectivity index (χ4n) is 2.16. The summed E-state index contributed by atoms with van der Waals surface area (Å²) in [6.07, 6.45) is 1.26. The lowest BCUT2D eigenvalue weighted by Crippen LogP contribution is -2.30. The highest BCUT2D eigenvalue weighted by Crippen LogP contribution is 2.21. The second-order valence-corrected chi connectivity index (χ2v) is 5.35. The van der Waals surface area contributed by atoms with Crippen LogP contribution in [0.15, 0.2) is 24.3 Å². The van der Waals surface area contributed by atoms with Crippen LogP contribution in [0, 0.1) is 0 Å². The van der Waals surface area contributed by atoms with Crippen LogP contribution in [0.5, 0.6) is 5.75 Å². The van der Waals surface area contributed by atoms with Crippen molar-refractivity contribution in [2.75, 3.05) is 6.54 Å². The Hall–Kier alpha value is -1.02. The Balaban J connectivity index is 2.53. The molecule has 102 valence electrons. The van der Waals surface area contributed by atoms with E-state index in [0.717, 1.165) is 18.7 Å². The molecule has 0 saturated heterocycles. The standard InChI is InChI=1S/C16H27NO/c1-6-17-13(4)10-14(5)18-16-9-7-8-15(11-16)12(2)3/h7-9,11-14,17H,6,10H2,1-5H3. The van der Waals surface area contributed by atoms with E-state index < -0.39 is 0 Å². The Morgan fingerprint density at radius 2 is 1.89 bits per heavy atom. The smallest absolute Gasteiger partial charge is 0.119 e. The summed E-state index contributed by atoms with van der Waals surface area (Å²) in [5, 5.41) is 3.41. The third kappa shape index (κ3) is 5.09. The number of hydrogen-bond acceptors (Lipinski definition) is 2. The third-order valence-electron chi connectivity index (χ3n) is 3.10. The Morgan fingerprint density at radius 3 is 2.50 bits per heavy atom. The van der Waals surface area contributed by atoms with Crippen molar-refractivity contribution in [2.24, 2.45) is 0 Å². The molecule has 1 aromatic rings. The lowest BCUT2D eigenvalue weighted by molar-refractivity contribution is 0.196. The molecule has 0 amide bonds. The zero-order chi connectivity index (χ0) is 13.5. The number of rotatable bonds is 7. The van der Waals surface area contributed by atoms with Gasteiger partial charge in [0.1, 0.15) is 5.75 Å². The average molecular weight is 249 g/mol. The van der Waals surface area contributed by atoms with Gasteiger partial charge in [-0.25, -0.2) is 0 Å². The van der Waals surface area contributed by atoms with Crippen LogP contribution in [0.4, 0.5) is 0 Å². The first kappa shape index (κ1) is 15.0. The molecule has 1 aromatic carbocycles. The van der Waals surface area contributed by atoms with Crippen molar-refractivity contribution in [2.45, 2.75) is 59.1 Å². The molecule has 0 bridgehead atoms. The van der Waals surface area contributed by atoms with Crippen molar-refractivity contribution < 1.29 is 4.74 Å². The van der Waals surface area contributed by atoms with Crippen molar-refractivity contribution in [1.29, 1.82) is 0 Å².